The maximum absolute atomic E-state index is 12.8. The fraction of sp³-hybridized carbons (Fsp3) is 0.250. The molecule has 0 aliphatic heterocycles. The summed E-state index contributed by atoms with van der Waals surface area (Å²) in [5.74, 6) is -1.07. The van der Waals surface area contributed by atoms with Crippen LogP contribution < -0.4 is 0 Å². The summed E-state index contributed by atoms with van der Waals surface area (Å²) in [6.07, 6.45) is -6.28. The fourth-order valence-electron chi connectivity index (χ4n) is 2.78. The molecule has 0 aliphatic rings. The second kappa shape index (κ2) is 8.46. The number of halogens is 3. The Morgan fingerprint density at radius 1 is 1.04 bits per heavy atom. The summed E-state index contributed by atoms with van der Waals surface area (Å²) in [5.41, 5.74) is -0.454. The lowest BCUT2D eigenvalue weighted by Crippen LogP contribution is -2.22. The van der Waals surface area contributed by atoms with E-state index in [-0.39, 0.29) is 0 Å². The zero-order valence-corrected chi connectivity index (χ0v) is 16.4. The third kappa shape index (κ3) is 4.63. The maximum atomic E-state index is 12.8. The van der Waals surface area contributed by atoms with Crippen molar-refractivity contribution in [2.45, 2.75) is 25.3 Å². The number of hydrogen-bond donors (Lipinski definition) is 1. The van der Waals surface area contributed by atoms with Crippen LogP contribution in [0.5, 0.6) is 0 Å². The molecular formula is C20H17F3O3S2. The lowest BCUT2D eigenvalue weighted by atomic mass is 9.91. The Labute approximate surface area is 168 Å². The van der Waals surface area contributed by atoms with Gasteiger partial charge in [0.05, 0.1) is 11.7 Å². The number of carbonyl (C=O) groups is 1. The SMILES string of the molecule is C[C@@H]([C@H](O)c1ccc(C(F)(F)F)cc1)[C@H](OC(=O)c1cccs1)c1cccs1. The predicted molar refractivity (Wildman–Crippen MR) is 102 cm³/mol. The molecule has 2 aromatic heterocycles. The lowest BCUT2D eigenvalue weighted by molar-refractivity contribution is -0.137. The average Bonchev–Trinajstić information content (AvgIpc) is 3.38. The monoisotopic (exact) mass is 426 g/mol. The largest absolute Gasteiger partial charge is 0.452 e. The van der Waals surface area contributed by atoms with Gasteiger partial charge in [0.25, 0.3) is 0 Å². The van der Waals surface area contributed by atoms with Crippen LogP contribution in [0.4, 0.5) is 13.2 Å². The molecule has 1 N–H and O–H groups in total. The molecule has 1 aromatic carbocycles. The number of thiophene rings is 2. The molecule has 28 heavy (non-hydrogen) atoms. The highest BCUT2D eigenvalue weighted by Gasteiger charge is 2.33. The number of hydrogen-bond acceptors (Lipinski definition) is 5. The van der Waals surface area contributed by atoms with Gasteiger partial charge >= 0.3 is 12.1 Å². The highest BCUT2D eigenvalue weighted by molar-refractivity contribution is 7.12. The van der Waals surface area contributed by atoms with Gasteiger partial charge in [-0.1, -0.05) is 31.2 Å². The van der Waals surface area contributed by atoms with Crippen LogP contribution >= 0.6 is 22.7 Å². The van der Waals surface area contributed by atoms with Crippen LogP contribution in [-0.4, -0.2) is 11.1 Å². The van der Waals surface area contributed by atoms with E-state index in [1.165, 1.54) is 34.8 Å². The van der Waals surface area contributed by atoms with Gasteiger partial charge in [0.15, 0.2) is 0 Å². The maximum Gasteiger partial charge on any atom is 0.416 e. The van der Waals surface area contributed by atoms with Crippen molar-refractivity contribution >= 4 is 28.6 Å². The number of ether oxygens (including phenoxy) is 1. The minimum absolute atomic E-state index is 0.328. The molecule has 3 aromatic rings. The molecule has 0 spiro atoms. The lowest BCUT2D eigenvalue weighted by Gasteiger charge is -2.27. The Balaban J connectivity index is 1.82. The molecule has 0 unspecified atom stereocenters. The van der Waals surface area contributed by atoms with Crippen molar-refractivity contribution < 1.29 is 27.8 Å². The molecule has 148 valence electrons. The molecule has 3 nitrogen and oxygen atoms in total. The van der Waals surface area contributed by atoms with Gasteiger partial charge in [-0.2, -0.15) is 13.2 Å². The minimum Gasteiger partial charge on any atom is -0.452 e. The Morgan fingerprint density at radius 3 is 2.21 bits per heavy atom. The van der Waals surface area contributed by atoms with Gasteiger partial charge in [-0.05, 0) is 40.6 Å². The second-order valence-corrected chi connectivity index (χ2v) is 8.17. The van der Waals surface area contributed by atoms with Crippen LogP contribution in [0.15, 0.2) is 59.3 Å². The summed E-state index contributed by atoms with van der Waals surface area (Å²) in [5, 5.41) is 14.3. The highest BCUT2D eigenvalue weighted by atomic mass is 32.1. The van der Waals surface area contributed by atoms with Gasteiger partial charge in [0.1, 0.15) is 11.0 Å². The first kappa shape index (κ1) is 20.6. The third-order valence-electron chi connectivity index (χ3n) is 4.34. The van der Waals surface area contributed by atoms with Gasteiger partial charge in [-0.25, -0.2) is 4.79 Å². The second-order valence-electron chi connectivity index (χ2n) is 6.24. The number of rotatable bonds is 6. The van der Waals surface area contributed by atoms with E-state index in [4.69, 9.17) is 4.74 Å². The quantitative estimate of drug-likeness (QED) is 0.485. The van der Waals surface area contributed by atoms with Crippen LogP contribution in [0.3, 0.4) is 0 Å². The Kier molecular flexibility index (Phi) is 6.22. The predicted octanol–water partition coefficient (Wildman–Crippen LogP) is 6.10. The molecule has 0 radical (unpaired) electrons. The molecule has 0 fully saturated rings. The van der Waals surface area contributed by atoms with Gasteiger partial charge in [0, 0.05) is 10.8 Å². The van der Waals surface area contributed by atoms with E-state index < -0.39 is 35.8 Å². The van der Waals surface area contributed by atoms with Gasteiger partial charge < -0.3 is 9.84 Å². The van der Waals surface area contributed by atoms with E-state index >= 15 is 0 Å². The highest BCUT2D eigenvalue weighted by Crippen LogP contribution is 2.38. The van der Waals surface area contributed by atoms with Crippen LogP contribution in [0.1, 0.15) is 44.8 Å². The average molecular weight is 426 g/mol. The molecule has 0 bridgehead atoms. The van der Waals surface area contributed by atoms with Crippen molar-refractivity contribution in [2.24, 2.45) is 5.92 Å². The summed E-state index contributed by atoms with van der Waals surface area (Å²) < 4.78 is 43.9. The van der Waals surface area contributed by atoms with E-state index in [1.807, 2.05) is 11.4 Å². The zero-order chi connectivity index (χ0) is 20.3. The Hall–Kier alpha value is -2.16. The molecule has 8 heteroatoms. The summed E-state index contributed by atoms with van der Waals surface area (Å²) >= 11 is 2.63. The minimum atomic E-state index is -4.44. The number of benzene rings is 1. The van der Waals surface area contributed by atoms with Crippen molar-refractivity contribution in [3.8, 4) is 0 Å². The molecule has 0 aliphatic carbocycles. The van der Waals surface area contributed by atoms with Crippen LogP contribution in [0.2, 0.25) is 0 Å². The van der Waals surface area contributed by atoms with Crippen molar-refractivity contribution in [3.63, 3.8) is 0 Å². The molecular weight excluding hydrogens is 409 g/mol. The van der Waals surface area contributed by atoms with E-state index in [9.17, 15) is 23.1 Å². The topological polar surface area (TPSA) is 46.5 Å². The standard InChI is InChI=1S/C20H17F3O3S2/c1-12(17(24)13-6-8-14(9-7-13)20(21,22)23)18(15-4-2-10-27-15)26-19(25)16-5-3-11-28-16/h2-12,17-18,24H,1H3/t12-,17-,18-/m0/s1. The number of alkyl halides is 3. The van der Waals surface area contributed by atoms with Gasteiger partial charge in [0.2, 0.25) is 0 Å². The molecule has 2 heterocycles. The van der Waals surface area contributed by atoms with E-state index in [1.54, 1.807) is 30.5 Å². The fourth-order valence-corrected chi connectivity index (χ4v) is 4.26. The van der Waals surface area contributed by atoms with Gasteiger partial charge in [-0.15, -0.1) is 22.7 Å². The van der Waals surface area contributed by atoms with Gasteiger partial charge in [-0.3, -0.25) is 0 Å². The summed E-state index contributed by atoms with van der Waals surface area (Å²) in [6.45, 7) is 1.70. The van der Waals surface area contributed by atoms with Crippen LogP contribution in [0.25, 0.3) is 0 Å². The van der Waals surface area contributed by atoms with Crippen molar-refractivity contribution in [2.75, 3.05) is 0 Å². The van der Waals surface area contributed by atoms with Crippen molar-refractivity contribution in [3.05, 3.63) is 80.2 Å². The normalized spacial score (nSPS) is 15.0. The molecule has 0 amide bonds. The Bertz CT molecular complexity index is 888. The number of carbonyl (C=O) groups excluding carboxylic acids is 1. The summed E-state index contributed by atoms with van der Waals surface area (Å²) in [6, 6.07) is 11.4. The van der Waals surface area contributed by atoms with Crippen LogP contribution in [-0.2, 0) is 10.9 Å². The first-order valence-corrected chi connectivity index (χ1v) is 10.2. The molecule has 3 rings (SSSR count). The van der Waals surface area contributed by atoms with E-state index in [0.717, 1.165) is 17.0 Å². The molecule has 3 atom stereocenters. The van der Waals surface area contributed by atoms with E-state index in [2.05, 4.69) is 0 Å². The van der Waals surface area contributed by atoms with E-state index in [0.29, 0.717) is 10.4 Å². The third-order valence-corrected chi connectivity index (χ3v) is 6.12. The van der Waals surface area contributed by atoms with Crippen LogP contribution in [0, 0.1) is 5.92 Å². The van der Waals surface area contributed by atoms with Crippen molar-refractivity contribution in [1.82, 2.24) is 0 Å². The van der Waals surface area contributed by atoms with Crippen molar-refractivity contribution in [1.29, 1.82) is 0 Å². The first-order valence-electron chi connectivity index (χ1n) is 8.40. The summed E-state index contributed by atoms with van der Waals surface area (Å²) in [7, 11) is 0. The molecule has 0 saturated carbocycles. The number of aliphatic hydroxyl groups is 1. The first-order chi connectivity index (χ1) is 13.3. The smallest absolute Gasteiger partial charge is 0.416 e. The number of aliphatic hydroxyl groups excluding tert-OH is 1. The molecule has 0 saturated heterocycles. The zero-order valence-electron chi connectivity index (χ0n) is 14.7. The Morgan fingerprint density at radius 2 is 1.68 bits per heavy atom. The number of esters is 1. The summed E-state index contributed by atoms with van der Waals surface area (Å²) in [4.78, 5) is 13.6.